The number of hydrogen-bond donors (Lipinski definition) is 4. The zero-order chi connectivity index (χ0) is 53.9. The van der Waals surface area contributed by atoms with E-state index in [0.29, 0.717) is 18.7 Å². The molecule has 2 aliphatic heterocycles. The maximum absolute atomic E-state index is 14.2. The molecule has 3 fully saturated rings. The SMILES string of the molecule is Cc1ncsc1-c1ccc(C(C)NC(=O)[C@@H]2C[C@@H](O)CN2C(=O)[C@@H](NC(=O)CN2CCN(CCCCc3ccc(C(=O)N[C@H]4C(C)(C)[C@H](Oc5ccc(C#N)c(C(F)(F)F)c5)C4(C)C)cc3)CC2)C(C)(C)C)cc1. The number of amides is 4. The number of likely N-dealkylation sites (tertiary alicyclic amines) is 1. The van der Waals surface area contributed by atoms with E-state index in [-0.39, 0.29) is 55.1 Å². The molecule has 1 unspecified atom stereocenters. The van der Waals surface area contributed by atoms with Gasteiger partial charge in [-0.3, -0.25) is 24.1 Å². The average Bonchev–Trinajstić information content (AvgIpc) is 3.97. The third kappa shape index (κ3) is 12.8. The van der Waals surface area contributed by atoms with Crippen molar-refractivity contribution in [2.75, 3.05) is 45.8 Å². The molecule has 3 aromatic carbocycles. The normalized spacial score (nSPS) is 21.7. The minimum Gasteiger partial charge on any atom is -0.489 e. The molecule has 1 saturated carbocycles. The third-order valence-corrected chi connectivity index (χ3v) is 16.1. The van der Waals surface area contributed by atoms with Crippen LogP contribution in [0.3, 0.4) is 0 Å². The van der Waals surface area contributed by atoms with Crippen LogP contribution in [-0.4, -0.2) is 125 Å². The minimum atomic E-state index is -4.70. The lowest BCUT2D eigenvalue weighted by atomic mass is 9.49. The number of piperazine rings is 1. The highest BCUT2D eigenvalue weighted by Crippen LogP contribution is 2.56. The predicted octanol–water partition coefficient (Wildman–Crippen LogP) is 7.93. The molecule has 1 aliphatic carbocycles. The molecule has 0 spiro atoms. The molecule has 2 saturated heterocycles. The number of halogens is 3. The van der Waals surface area contributed by atoms with E-state index in [0.717, 1.165) is 78.3 Å². The van der Waals surface area contributed by atoms with Crippen LogP contribution in [0.1, 0.15) is 119 Å². The number of unbranched alkanes of at least 4 members (excludes halogenated alkanes) is 1. The first kappa shape index (κ1) is 55.9. The topological polar surface area (TPSA) is 180 Å². The smallest absolute Gasteiger partial charge is 0.417 e. The Balaban J connectivity index is 0.820. The van der Waals surface area contributed by atoms with Crippen LogP contribution in [0.5, 0.6) is 5.75 Å². The molecule has 4 amide bonds. The van der Waals surface area contributed by atoms with Crippen LogP contribution in [0.15, 0.2) is 72.2 Å². The van der Waals surface area contributed by atoms with Crippen LogP contribution < -0.4 is 20.7 Å². The number of rotatable bonds is 17. The van der Waals surface area contributed by atoms with E-state index in [2.05, 4.69) is 30.7 Å². The van der Waals surface area contributed by atoms with Crippen molar-refractivity contribution in [3.05, 3.63) is 106 Å². The highest BCUT2D eigenvalue weighted by Gasteiger charge is 2.64. The number of ether oxygens (including phenoxy) is 1. The van der Waals surface area contributed by atoms with Gasteiger partial charge >= 0.3 is 6.18 Å². The van der Waals surface area contributed by atoms with E-state index in [1.807, 2.05) is 116 Å². The second-order valence-corrected chi connectivity index (χ2v) is 23.4. The quantitative estimate of drug-likeness (QED) is 0.0759. The Morgan fingerprint density at radius 1 is 0.919 bits per heavy atom. The molecule has 4 N–H and O–H groups in total. The van der Waals surface area contributed by atoms with Crippen molar-refractivity contribution in [2.45, 2.75) is 131 Å². The van der Waals surface area contributed by atoms with Gasteiger partial charge < -0.3 is 35.6 Å². The maximum Gasteiger partial charge on any atom is 0.417 e. The molecule has 18 heteroatoms. The summed E-state index contributed by atoms with van der Waals surface area (Å²) in [6.07, 6.45) is -3.23. The van der Waals surface area contributed by atoms with Crippen LogP contribution in [0.4, 0.5) is 13.2 Å². The summed E-state index contributed by atoms with van der Waals surface area (Å²) < 4.78 is 47.0. The van der Waals surface area contributed by atoms with Crippen LogP contribution in [0, 0.1) is 34.5 Å². The number of aromatic nitrogens is 1. The van der Waals surface area contributed by atoms with Gasteiger partial charge in [0.1, 0.15) is 23.9 Å². The lowest BCUT2D eigenvalue weighted by molar-refractivity contribution is -0.164. The van der Waals surface area contributed by atoms with Crippen molar-refractivity contribution >= 4 is 35.0 Å². The monoisotopic (exact) mass is 1040 g/mol. The maximum atomic E-state index is 14.2. The van der Waals surface area contributed by atoms with Crippen LogP contribution in [-0.2, 0) is 27.0 Å². The molecule has 14 nitrogen and oxygen atoms in total. The van der Waals surface area contributed by atoms with E-state index >= 15 is 0 Å². The molecule has 1 aromatic heterocycles. The largest absolute Gasteiger partial charge is 0.489 e. The van der Waals surface area contributed by atoms with Crippen LogP contribution in [0.2, 0.25) is 0 Å². The number of nitrogens with one attached hydrogen (secondary N) is 3. The highest BCUT2D eigenvalue weighted by atomic mass is 32.1. The molecule has 4 aromatic rings. The molecule has 3 heterocycles. The Labute approximate surface area is 437 Å². The van der Waals surface area contributed by atoms with Gasteiger partial charge in [-0.2, -0.15) is 18.4 Å². The summed E-state index contributed by atoms with van der Waals surface area (Å²) in [6.45, 7) is 21.2. The van der Waals surface area contributed by atoms with Crippen LogP contribution in [0.25, 0.3) is 10.4 Å². The van der Waals surface area contributed by atoms with Gasteiger partial charge in [0.15, 0.2) is 0 Å². The number of nitrogens with zero attached hydrogens (tertiary/aromatic N) is 5. The molecule has 0 bridgehead atoms. The number of aryl methyl sites for hydroxylation is 2. The van der Waals surface area contributed by atoms with Crippen molar-refractivity contribution in [3.8, 4) is 22.3 Å². The van der Waals surface area contributed by atoms with Crippen molar-refractivity contribution < 1.29 is 42.2 Å². The molecular formula is C56H71F3N8O6S. The van der Waals surface area contributed by atoms with Crippen molar-refractivity contribution in [2.24, 2.45) is 16.2 Å². The third-order valence-electron chi connectivity index (χ3n) is 15.1. The van der Waals surface area contributed by atoms with Crippen LogP contribution >= 0.6 is 11.3 Å². The van der Waals surface area contributed by atoms with E-state index < -0.39 is 63.7 Å². The standard InChI is InChI=1S/C56H71F3N8O6S/c1-34(37-17-19-38(20-18-37)46-35(2)61-33-74-46)62-49(71)44-28-41(68)31-67(44)50(72)47(53(3,4)5)63-45(69)32-66-26-24-65(25-27-66)23-11-10-12-36-13-15-39(16-14-36)48(70)64-51-54(6,7)52(55(51,8)9)73-42-22-21-40(30-60)43(29-42)56(57,58)59/h13-22,29,33-34,41,44,47,51-52,68H,10-12,23-28,31-32H2,1-9H3,(H,62,71)(H,63,69)(H,64,70)/t34?,41-,44+,47-,51-,52-/m1/s1. The summed E-state index contributed by atoms with van der Waals surface area (Å²) in [5, 5.41) is 29.1. The number of thiazole rings is 1. The van der Waals surface area contributed by atoms with E-state index in [4.69, 9.17) is 4.74 Å². The van der Waals surface area contributed by atoms with Crippen molar-refractivity contribution in [3.63, 3.8) is 0 Å². The Bertz CT molecular complexity index is 2670. The molecular weight excluding hydrogens is 970 g/mol. The zero-order valence-corrected chi connectivity index (χ0v) is 44.8. The zero-order valence-electron chi connectivity index (χ0n) is 43.9. The number of aliphatic hydroxyl groups is 1. The van der Waals surface area contributed by atoms with Crippen molar-refractivity contribution in [1.29, 1.82) is 5.26 Å². The molecule has 74 heavy (non-hydrogen) atoms. The lowest BCUT2D eigenvalue weighted by Crippen LogP contribution is -2.74. The summed E-state index contributed by atoms with van der Waals surface area (Å²) in [6, 6.07) is 17.9. The Morgan fingerprint density at radius 3 is 2.16 bits per heavy atom. The fourth-order valence-electron chi connectivity index (χ4n) is 11.2. The number of carbonyl (C=O) groups is 4. The van der Waals surface area contributed by atoms with Gasteiger partial charge in [-0.15, -0.1) is 11.3 Å². The Morgan fingerprint density at radius 2 is 1.57 bits per heavy atom. The summed E-state index contributed by atoms with van der Waals surface area (Å²) >= 11 is 1.57. The predicted molar refractivity (Wildman–Crippen MR) is 278 cm³/mol. The number of aliphatic hydroxyl groups excluding tert-OH is 1. The first-order chi connectivity index (χ1) is 34.8. The number of hydrogen-bond acceptors (Lipinski definition) is 11. The second-order valence-electron chi connectivity index (χ2n) is 22.5. The molecule has 398 valence electrons. The fourth-order valence-corrected chi connectivity index (χ4v) is 12.0. The first-order valence-electron chi connectivity index (χ1n) is 25.5. The van der Waals surface area contributed by atoms with Gasteiger partial charge in [0, 0.05) is 61.6 Å². The molecule has 4 atom stereocenters. The number of nitriles is 1. The van der Waals surface area contributed by atoms with Gasteiger partial charge in [0.2, 0.25) is 17.7 Å². The van der Waals surface area contributed by atoms with E-state index in [1.54, 1.807) is 17.4 Å². The lowest BCUT2D eigenvalue weighted by Gasteiger charge is -2.63. The van der Waals surface area contributed by atoms with Gasteiger partial charge in [-0.25, -0.2) is 4.98 Å². The van der Waals surface area contributed by atoms with E-state index in [9.17, 15) is 42.7 Å². The van der Waals surface area contributed by atoms with E-state index in [1.165, 1.54) is 11.0 Å². The number of carbonyl (C=O) groups excluding carboxylic acids is 4. The number of benzene rings is 3. The highest BCUT2D eigenvalue weighted by molar-refractivity contribution is 7.13. The molecule has 3 aliphatic rings. The van der Waals surface area contributed by atoms with Gasteiger partial charge in [-0.05, 0) is 92.1 Å². The number of alkyl halides is 3. The summed E-state index contributed by atoms with van der Waals surface area (Å²) in [4.78, 5) is 66.3. The Kier molecular flexibility index (Phi) is 17.0. The molecule has 0 radical (unpaired) electrons. The summed E-state index contributed by atoms with van der Waals surface area (Å²) in [7, 11) is 0. The fraction of sp³-hybridized carbons (Fsp3) is 0.536. The number of β-amino-alcohol motifs (C(OH)–C–C–N with tert-alkyl or cyclic N) is 1. The van der Waals surface area contributed by atoms with Crippen molar-refractivity contribution in [1.82, 2.24) is 35.6 Å². The summed E-state index contributed by atoms with van der Waals surface area (Å²) in [5.74, 6) is -1.26. The van der Waals surface area contributed by atoms with Gasteiger partial charge in [0.25, 0.3) is 5.91 Å². The first-order valence-corrected chi connectivity index (χ1v) is 26.4. The average molecular weight is 1040 g/mol. The summed E-state index contributed by atoms with van der Waals surface area (Å²) in [5.41, 5.74) is 2.91. The van der Waals surface area contributed by atoms with Gasteiger partial charge in [0.05, 0.1) is 52.0 Å². The molecule has 7 rings (SSSR count). The Hall–Kier alpha value is -5.87. The van der Waals surface area contributed by atoms with Gasteiger partial charge in [-0.1, -0.05) is 84.9 Å². The minimum absolute atomic E-state index is 0.00356. The second kappa shape index (κ2) is 22.5.